The first-order valence-electron chi connectivity index (χ1n) is 9.15. The van der Waals surface area contributed by atoms with Gasteiger partial charge in [-0.3, -0.25) is 24.5 Å². The van der Waals surface area contributed by atoms with Crippen LogP contribution in [0.4, 0.5) is 11.4 Å². The Morgan fingerprint density at radius 2 is 1.67 bits per heavy atom. The number of ether oxygens (including phenoxy) is 1. The number of rotatable bonds is 7. The molecule has 0 fully saturated rings. The minimum atomic E-state index is -0.808. The van der Waals surface area contributed by atoms with Gasteiger partial charge in [-0.1, -0.05) is 12.1 Å². The first kappa shape index (κ1) is 22.5. The van der Waals surface area contributed by atoms with Gasteiger partial charge < -0.3 is 15.4 Å². The highest BCUT2D eigenvalue weighted by Gasteiger charge is 2.20. The van der Waals surface area contributed by atoms with Crippen LogP contribution in [0.15, 0.2) is 30.3 Å². The molecule has 2 rings (SSSR count). The molecule has 0 spiro atoms. The fourth-order valence-corrected chi connectivity index (χ4v) is 2.62. The molecule has 0 aliphatic heterocycles. The van der Waals surface area contributed by atoms with Gasteiger partial charge in [0.15, 0.2) is 6.61 Å². The Bertz CT molecular complexity index is 1020. The molecule has 30 heavy (non-hydrogen) atoms. The third-order valence-electron chi connectivity index (χ3n) is 4.70. The summed E-state index contributed by atoms with van der Waals surface area (Å²) in [6.07, 6.45) is 0. The number of nitrogens with zero attached hydrogens (tertiary/aromatic N) is 1. The number of nitro benzene ring substituents is 1. The predicted molar refractivity (Wildman–Crippen MR) is 110 cm³/mol. The molecule has 0 saturated carbocycles. The zero-order valence-electron chi connectivity index (χ0n) is 17.2. The number of anilines is 1. The molecule has 2 N–H and O–H groups in total. The molecule has 0 bridgehead atoms. The fourth-order valence-electron chi connectivity index (χ4n) is 2.62. The van der Waals surface area contributed by atoms with Crippen molar-refractivity contribution in [1.82, 2.24) is 5.32 Å². The van der Waals surface area contributed by atoms with Gasteiger partial charge in [-0.25, -0.2) is 0 Å². The minimum absolute atomic E-state index is 0.0593. The monoisotopic (exact) mass is 413 g/mol. The maximum absolute atomic E-state index is 12.1. The number of hydrogen-bond donors (Lipinski definition) is 2. The Morgan fingerprint density at radius 1 is 1.00 bits per heavy atom. The van der Waals surface area contributed by atoms with Crippen LogP contribution < -0.4 is 10.6 Å². The lowest BCUT2D eigenvalue weighted by molar-refractivity contribution is -0.384. The molecular weight excluding hydrogens is 390 g/mol. The van der Waals surface area contributed by atoms with Crippen molar-refractivity contribution in [2.45, 2.75) is 27.7 Å². The Labute approximate surface area is 173 Å². The van der Waals surface area contributed by atoms with Crippen LogP contribution in [0.25, 0.3) is 0 Å². The summed E-state index contributed by atoms with van der Waals surface area (Å²) >= 11 is 0. The number of nitro groups is 1. The third kappa shape index (κ3) is 5.63. The standard InChI is InChI=1S/C21H23N3O6/c1-12-5-7-16(9-14(12)3)21(27)22-10-19(26)30-11-18(25)23-20-15(4)13(2)6-8-17(20)24(28)29/h5-9H,10-11H2,1-4H3,(H,22,27)(H,23,25). The summed E-state index contributed by atoms with van der Waals surface area (Å²) < 4.78 is 4.84. The molecular formula is C21H23N3O6. The Balaban J connectivity index is 1.89. The van der Waals surface area contributed by atoms with Crippen molar-refractivity contribution in [3.63, 3.8) is 0 Å². The van der Waals surface area contributed by atoms with Gasteiger partial charge in [-0.05, 0) is 62.1 Å². The van der Waals surface area contributed by atoms with Crippen LogP contribution in [0.3, 0.4) is 0 Å². The molecule has 0 atom stereocenters. The van der Waals surface area contributed by atoms with Crippen LogP contribution in [0.2, 0.25) is 0 Å². The Hall–Kier alpha value is -3.75. The lowest BCUT2D eigenvalue weighted by Crippen LogP contribution is -2.32. The predicted octanol–water partition coefficient (Wildman–Crippen LogP) is 2.74. The molecule has 0 heterocycles. The zero-order valence-corrected chi connectivity index (χ0v) is 17.2. The summed E-state index contributed by atoms with van der Waals surface area (Å²) in [7, 11) is 0. The first-order valence-corrected chi connectivity index (χ1v) is 9.15. The lowest BCUT2D eigenvalue weighted by atomic mass is 10.1. The molecule has 0 aliphatic rings. The van der Waals surface area contributed by atoms with Crippen LogP contribution in [0.5, 0.6) is 0 Å². The second-order valence-electron chi connectivity index (χ2n) is 6.85. The molecule has 2 aromatic carbocycles. The van der Waals surface area contributed by atoms with Gasteiger partial charge in [0.2, 0.25) is 0 Å². The summed E-state index contributed by atoms with van der Waals surface area (Å²) in [5.74, 6) is -1.97. The number of carbonyl (C=O) groups excluding carboxylic acids is 3. The Morgan fingerprint density at radius 3 is 2.30 bits per heavy atom. The van der Waals surface area contributed by atoms with Crippen LogP contribution in [-0.4, -0.2) is 35.9 Å². The van der Waals surface area contributed by atoms with Crippen molar-refractivity contribution >= 4 is 29.2 Å². The van der Waals surface area contributed by atoms with Crippen LogP contribution in [0, 0.1) is 37.8 Å². The van der Waals surface area contributed by atoms with E-state index < -0.39 is 35.9 Å². The zero-order chi connectivity index (χ0) is 22.4. The SMILES string of the molecule is Cc1ccc(C(=O)NCC(=O)OCC(=O)Nc2c([N+](=O)[O-])ccc(C)c2C)cc1C. The molecule has 0 radical (unpaired) electrons. The quantitative estimate of drug-likeness (QED) is 0.408. The molecule has 0 saturated heterocycles. The number of aryl methyl sites for hydroxylation is 3. The number of benzene rings is 2. The molecule has 2 aromatic rings. The molecule has 158 valence electrons. The highest BCUT2D eigenvalue weighted by Crippen LogP contribution is 2.30. The molecule has 9 heteroatoms. The smallest absolute Gasteiger partial charge is 0.325 e. The van der Waals surface area contributed by atoms with E-state index in [1.807, 2.05) is 13.8 Å². The van der Waals surface area contributed by atoms with Gasteiger partial charge in [0, 0.05) is 11.6 Å². The molecule has 2 amide bonds. The van der Waals surface area contributed by atoms with E-state index in [9.17, 15) is 24.5 Å². The summed E-state index contributed by atoms with van der Waals surface area (Å²) in [4.78, 5) is 46.6. The number of carbonyl (C=O) groups is 3. The van der Waals surface area contributed by atoms with Crippen molar-refractivity contribution in [2.24, 2.45) is 0 Å². The third-order valence-corrected chi connectivity index (χ3v) is 4.70. The summed E-state index contributed by atoms with van der Waals surface area (Å²) in [6, 6.07) is 8.04. The van der Waals surface area contributed by atoms with Crippen molar-refractivity contribution < 1.29 is 24.0 Å². The highest BCUT2D eigenvalue weighted by molar-refractivity contribution is 5.97. The average Bonchev–Trinajstić information content (AvgIpc) is 2.69. The van der Waals surface area contributed by atoms with Gasteiger partial charge in [0.05, 0.1) is 4.92 Å². The van der Waals surface area contributed by atoms with Gasteiger partial charge >= 0.3 is 5.97 Å². The molecule has 0 unspecified atom stereocenters. The van der Waals surface area contributed by atoms with Crippen LogP contribution in [0.1, 0.15) is 32.6 Å². The van der Waals surface area contributed by atoms with E-state index in [1.165, 1.54) is 6.07 Å². The Kier molecular flexibility index (Phi) is 7.24. The van der Waals surface area contributed by atoms with Gasteiger partial charge in [0.25, 0.3) is 17.5 Å². The van der Waals surface area contributed by atoms with E-state index in [1.54, 1.807) is 38.1 Å². The normalized spacial score (nSPS) is 10.3. The fraction of sp³-hybridized carbons (Fsp3) is 0.286. The molecule has 9 nitrogen and oxygen atoms in total. The van der Waals surface area contributed by atoms with Crippen molar-refractivity contribution in [2.75, 3.05) is 18.5 Å². The van der Waals surface area contributed by atoms with Crippen LogP contribution in [-0.2, 0) is 14.3 Å². The van der Waals surface area contributed by atoms with Gasteiger partial charge in [-0.2, -0.15) is 0 Å². The van der Waals surface area contributed by atoms with E-state index in [4.69, 9.17) is 4.74 Å². The summed E-state index contributed by atoms with van der Waals surface area (Å²) in [5.41, 5.74) is 3.52. The van der Waals surface area contributed by atoms with E-state index in [2.05, 4.69) is 10.6 Å². The number of hydrogen-bond acceptors (Lipinski definition) is 6. The topological polar surface area (TPSA) is 128 Å². The lowest BCUT2D eigenvalue weighted by Gasteiger charge is -2.11. The summed E-state index contributed by atoms with van der Waals surface area (Å²) in [6.45, 7) is 6.15. The highest BCUT2D eigenvalue weighted by atomic mass is 16.6. The van der Waals surface area contributed by atoms with Gasteiger partial charge in [0.1, 0.15) is 12.2 Å². The van der Waals surface area contributed by atoms with E-state index in [0.717, 1.165) is 16.7 Å². The molecule has 0 aliphatic carbocycles. The summed E-state index contributed by atoms with van der Waals surface area (Å²) in [5, 5.41) is 16.0. The van der Waals surface area contributed by atoms with E-state index in [0.29, 0.717) is 11.1 Å². The van der Waals surface area contributed by atoms with Crippen molar-refractivity contribution in [3.05, 3.63) is 68.3 Å². The van der Waals surface area contributed by atoms with E-state index in [-0.39, 0.29) is 11.4 Å². The van der Waals surface area contributed by atoms with Crippen molar-refractivity contribution in [1.29, 1.82) is 0 Å². The first-order chi connectivity index (χ1) is 14.1. The minimum Gasteiger partial charge on any atom is -0.454 e. The molecule has 0 aromatic heterocycles. The average molecular weight is 413 g/mol. The van der Waals surface area contributed by atoms with Crippen LogP contribution >= 0.6 is 0 Å². The second kappa shape index (κ2) is 9.64. The van der Waals surface area contributed by atoms with Crippen molar-refractivity contribution in [3.8, 4) is 0 Å². The second-order valence-corrected chi connectivity index (χ2v) is 6.85. The largest absolute Gasteiger partial charge is 0.454 e. The van der Waals surface area contributed by atoms with Gasteiger partial charge in [-0.15, -0.1) is 0 Å². The number of esters is 1. The maximum Gasteiger partial charge on any atom is 0.325 e. The maximum atomic E-state index is 12.1. The number of nitrogens with one attached hydrogen (secondary N) is 2. The number of amides is 2. The van der Waals surface area contributed by atoms with E-state index >= 15 is 0 Å².